The zero-order chi connectivity index (χ0) is 17.2. The van der Waals surface area contributed by atoms with Gasteiger partial charge in [0.2, 0.25) is 11.8 Å². The topological polar surface area (TPSA) is 49.4 Å². The van der Waals surface area contributed by atoms with Gasteiger partial charge in [-0.3, -0.25) is 9.59 Å². The van der Waals surface area contributed by atoms with Gasteiger partial charge in [0.1, 0.15) is 0 Å². The van der Waals surface area contributed by atoms with E-state index in [1.807, 2.05) is 29.2 Å². The predicted molar refractivity (Wildman–Crippen MR) is 99.5 cm³/mol. The van der Waals surface area contributed by atoms with Gasteiger partial charge in [0, 0.05) is 29.4 Å². The summed E-state index contributed by atoms with van der Waals surface area (Å²) in [6.07, 6.45) is 3.90. The van der Waals surface area contributed by atoms with Crippen molar-refractivity contribution in [3.8, 4) is 0 Å². The zero-order valence-corrected chi connectivity index (χ0v) is 14.9. The Morgan fingerprint density at radius 1 is 1.24 bits per heavy atom. The number of thiophene rings is 1. The number of hydrogen-bond acceptors (Lipinski definition) is 3. The summed E-state index contributed by atoms with van der Waals surface area (Å²) in [5.41, 5.74) is 2.07. The van der Waals surface area contributed by atoms with Crippen molar-refractivity contribution in [3.63, 3.8) is 0 Å². The number of rotatable bonds is 4. The Morgan fingerprint density at radius 3 is 2.96 bits per heavy atom. The molecular formula is C20H22N2O2S. The minimum Gasteiger partial charge on any atom is -0.335 e. The highest BCUT2D eigenvalue weighted by molar-refractivity contribution is 7.10. The molecule has 0 radical (unpaired) electrons. The summed E-state index contributed by atoms with van der Waals surface area (Å²) in [5.74, 6) is 0.118. The van der Waals surface area contributed by atoms with Crippen molar-refractivity contribution in [2.24, 2.45) is 5.92 Å². The fourth-order valence-corrected chi connectivity index (χ4v) is 4.80. The number of para-hydroxylation sites is 1. The largest absolute Gasteiger partial charge is 0.335 e. The van der Waals surface area contributed by atoms with E-state index >= 15 is 0 Å². The second-order valence-electron chi connectivity index (χ2n) is 6.85. The summed E-state index contributed by atoms with van der Waals surface area (Å²) in [7, 11) is 0. The van der Waals surface area contributed by atoms with E-state index in [0.717, 1.165) is 37.1 Å². The number of carbonyl (C=O) groups is 2. The lowest BCUT2D eigenvalue weighted by Crippen LogP contribution is -2.33. The van der Waals surface area contributed by atoms with Crippen LogP contribution in [-0.2, 0) is 16.0 Å². The third-order valence-corrected chi connectivity index (χ3v) is 6.24. The number of nitrogens with zero attached hydrogens (tertiary/aromatic N) is 1. The van der Waals surface area contributed by atoms with Gasteiger partial charge in [0.05, 0.1) is 6.04 Å². The number of nitrogens with one attached hydrogen (secondary N) is 1. The first-order valence-electron chi connectivity index (χ1n) is 8.94. The quantitative estimate of drug-likeness (QED) is 0.902. The minimum atomic E-state index is -0.110. The van der Waals surface area contributed by atoms with E-state index in [0.29, 0.717) is 12.8 Å². The maximum atomic E-state index is 12.7. The molecule has 1 aromatic heterocycles. The lowest BCUT2D eigenvalue weighted by molar-refractivity contribution is -0.132. The van der Waals surface area contributed by atoms with E-state index in [1.165, 1.54) is 4.88 Å². The number of hydrogen-bond donors (Lipinski definition) is 1. The SMILES string of the molecule is O=C1Nc2ccccc2CC1CCC(=O)N1CCCC1c1cccs1. The first-order chi connectivity index (χ1) is 12.2. The number of carbonyl (C=O) groups excluding carboxylic acids is 2. The lowest BCUT2D eigenvalue weighted by Gasteiger charge is -2.27. The summed E-state index contributed by atoms with van der Waals surface area (Å²) >= 11 is 1.72. The molecule has 1 fully saturated rings. The van der Waals surface area contributed by atoms with Gasteiger partial charge >= 0.3 is 0 Å². The van der Waals surface area contributed by atoms with Crippen molar-refractivity contribution >= 4 is 28.8 Å². The van der Waals surface area contributed by atoms with Gasteiger partial charge in [-0.2, -0.15) is 0 Å². The minimum absolute atomic E-state index is 0.0442. The van der Waals surface area contributed by atoms with Gasteiger partial charge in [-0.05, 0) is 48.8 Å². The van der Waals surface area contributed by atoms with Crippen LogP contribution in [0.2, 0.25) is 0 Å². The van der Waals surface area contributed by atoms with Crippen LogP contribution in [0.15, 0.2) is 41.8 Å². The fourth-order valence-electron chi connectivity index (χ4n) is 3.93. The van der Waals surface area contributed by atoms with E-state index in [4.69, 9.17) is 0 Å². The number of amides is 2. The molecule has 2 aromatic rings. The molecule has 2 unspecified atom stereocenters. The van der Waals surface area contributed by atoms with Crippen LogP contribution in [0.1, 0.15) is 42.2 Å². The summed E-state index contributed by atoms with van der Waals surface area (Å²) < 4.78 is 0. The van der Waals surface area contributed by atoms with Crippen LogP contribution in [0.3, 0.4) is 0 Å². The van der Waals surface area contributed by atoms with Crippen molar-refractivity contribution < 1.29 is 9.59 Å². The maximum Gasteiger partial charge on any atom is 0.227 e. The molecule has 0 bridgehead atoms. The van der Waals surface area contributed by atoms with E-state index in [-0.39, 0.29) is 23.8 Å². The van der Waals surface area contributed by atoms with Crippen LogP contribution in [0, 0.1) is 5.92 Å². The highest BCUT2D eigenvalue weighted by Gasteiger charge is 2.32. The van der Waals surface area contributed by atoms with E-state index < -0.39 is 0 Å². The smallest absolute Gasteiger partial charge is 0.227 e. The third-order valence-electron chi connectivity index (χ3n) is 5.26. The normalized spacial score (nSPS) is 22.6. The van der Waals surface area contributed by atoms with Gasteiger partial charge in [-0.15, -0.1) is 11.3 Å². The molecule has 1 aromatic carbocycles. The van der Waals surface area contributed by atoms with Gasteiger partial charge in [-0.1, -0.05) is 24.3 Å². The molecule has 5 heteroatoms. The van der Waals surface area contributed by atoms with Crippen LogP contribution >= 0.6 is 11.3 Å². The summed E-state index contributed by atoms with van der Waals surface area (Å²) in [6.45, 7) is 0.834. The second kappa shape index (κ2) is 7.00. The van der Waals surface area contributed by atoms with E-state index in [2.05, 4.69) is 22.8 Å². The Labute approximate surface area is 151 Å². The first kappa shape index (κ1) is 16.3. The highest BCUT2D eigenvalue weighted by Crippen LogP contribution is 2.35. The van der Waals surface area contributed by atoms with Crippen LogP contribution in [0.4, 0.5) is 5.69 Å². The number of likely N-dealkylation sites (tertiary alicyclic amines) is 1. The van der Waals surface area contributed by atoms with Gasteiger partial charge in [0.25, 0.3) is 0 Å². The van der Waals surface area contributed by atoms with Crippen molar-refractivity contribution in [3.05, 3.63) is 52.2 Å². The number of fused-ring (bicyclic) bond motifs is 1. The average Bonchev–Trinajstić information content (AvgIpc) is 3.30. The molecule has 0 saturated carbocycles. The predicted octanol–water partition coefficient (Wildman–Crippen LogP) is 4.00. The van der Waals surface area contributed by atoms with Crippen molar-refractivity contribution in [1.29, 1.82) is 0 Å². The van der Waals surface area contributed by atoms with Crippen molar-refractivity contribution in [1.82, 2.24) is 4.90 Å². The molecule has 2 amide bonds. The van der Waals surface area contributed by atoms with Gasteiger partial charge in [0.15, 0.2) is 0 Å². The molecule has 4 nitrogen and oxygen atoms in total. The molecule has 0 spiro atoms. The summed E-state index contributed by atoms with van der Waals surface area (Å²) in [5, 5.41) is 5.04. The fraction of sp³-hybridized carbons (Fsp3) is 0.400. The van der Waals surface area contributed by atoms with Crippen LogP contribution < -0.4 is 5.32 Å². The molecule has 25 heavy (non-hydrogen) atoms. The average molecular weight is 354 g/mol. The molecule has 2 atom stereocenters. The Kier molecular flexibility index (Phi) is 4.57. The van der Waals surface area contributed by atoms with E-state index in [9.17, 15) is 9.59 Å². The van der Waals surface area contributed by atoms with Crippen molar-refractivity contribution in [2.45, 2.75) is 38.1 Å². The number of anilines is 1. The molecule has 1 saturated heterocycles. The second-order valence-corrected chi connectivity index (χ2v) is 7.83. The molecule has 4 rings (SSSR count). The highest BCUT2D eigenvalue weighted by atomic mass is 32.1. The Balaban J connectivity index is 1.38. The van der Waals surface area contributed by atoms with Gasteiger partial charge < -0.3 is 10.2 Å². The van der Waals surface area contributed by atoms with Crippen LogP contribution in [-0.4, -0.2) is 23.3 Å². The van der Waals surface area contributed by atoms with Gasteiger partial charge in [-0.25, -0.2) is 0 Å². The molecular weight excluding hydrogens is 332 g/mol. The Morgan fingerprint density at radius 2 is 2.12 bits per heavy atom. The molecule has 2 aliphatic rings. The van der Waals surface area contributed by atoms with Crippen LogP contribution in [0.25, 0.3) is 0 Å². The van der Waals surface area contributed by atoms with Crippen LogP contribution in [0.5, 0.6) is 0 Å². The molecule has 2 aliphatic heterocycles. The first-order valence-corrected chi connectivity index (χ1v) is 9.82. The summed E-state index contributed by atoms with van der Waals surface area (Å²) in [4.78, 5) is 28.3. The standard InChI is InChI=1S/C20H22N2O2S/c23-19(22-11-3-7-17(22)18-8-4-12-25-18)10-9-15-13-14-5-1-2-6-16(14)21-20(15)24/h1-2,4-6,8,12,15,17H,3,7,9-11,13H2,(H,21,24). The van der Waals surface area contributed by atoms with Crippen molar-refractivity contribution in [2.75, 3.05) is 11.9 Å². The molecule has 3 heterocycles. The zero-order valence-electron chi connectivity index (χ0n) is 14.1. The molecule has 0 aliphatic carbocycles. The third kappa shape index (κ3) is 3.33. The Hall–Kier alpha value is -2.14. The molecule has 130 valence electrons. The lowest BCUT2D eigenvalue weighted by atomic mass is 9.89. The molecule has 1 N–H and O–H groups in total. The monoisotopic (exact) mass is 354 g/mol. The maximum absolute atomic E-state index is 12.7. The summed E-state index contributed by atoms with van der Waals surface area (Å²) in [6, 6.07) is 12.3. The number of benzene rings is 1. The Bertz CT molecular complexity index is 772. The van der Waals surface area contributed by atoms with E-state index in [1.54, 1.807) is 11.3 Å².